The van der Waals surface area contributed by atoms with Crippen LogP contribution in [0.5, 0.6) is 0 Å². The molecule has 2 aliphatic heterocycles. The Labute approximate surface area is 142 Å². The average Bonchev–Trinajstić information content (AvgIpc) is 2.88. The summed E-state index contributed by atoms with van der Waals surface area (Å²) in [6.07, 6.45) is 1.01. The van der Waals surface area contributed by atoms with Crippen LogP contribution in [-0.4, -0.2) is 53.4 Å². The van der Waals surface area contributed by atoms with E-state index in [4.69, 9.17) is 4.74 Å². The number of hydrogen-bond donors (Lipinski definition) is 0. The van der Waals surface area contributed by atoms with Gasteiger partial charge in [-0.25, -0.2) is 9.69 Å². The van der Waals surface area contributed by atoms with Crippen molar-refractivity contribution in [3.8, 4) is 0 Å². The maximum absolute atomic E-state index is 12.4. The van der Waals surface area contributed by atoms with Crippen LogP contribution in [0.15, 0.2) is 28.7 Å². The number of amides is 3. The van der Waals surface area contributed by atoms with E-state index in [1.807, 2.05) is 24.3 Å². The van der Waals surface area contributed by atoms with Gasteiger partial charge in [0.05, 0.1) is 6.42 Å². The number of ether oxygens (including phenoxy) is 1. The minimum atomic E-state index is -0.561. The Bertz CT molecular complexity index is 607. The quantitative estimate of drug-likeness (QED) is 0.803. The molecule has 7 heteroatoms. The van der Waals surface area contributed by atoms with Crippen molar-refractivity contribution in [1.82, 2.24) is 9.80 Å². The fourth-order valence-corrected chi connectivity index (χ4v) is 3.24. The van der Waals surface area contributed by atoms with Crippen LogP contribution in [0, 0.1) is 0 Å². The summed E-state index contributed by atoms with van der Waals surface area (Å²) >= 11 is 3.37. The topological polar surface area (TPSA) is 66.9 Å². The predicted octanol–water partition coefficient (Wildman–Crippen LogP) is 1.96. The van der Waals surface area contributed by atoms with Crippen LogP contribution in [0.2, 0.25) is 0 Å². The molecule has 0 saturated carbocycles. The standard InChI is InChI=1S/C16H17BrN2O4/c17-12-3-1-11(2-4-12)9-14(20)18-7-5-13(6-8-18)19-15(21)10-23-16(19)22/h1-4,13H,5-10H2. The lowest BCUT2D eigenvalue weighted by Gasteiger charge is -2.34. The first-order chi connectivity index (χ1) is 11.0. The summed E-state index contributed by atoms with van der Waals surface area (Å²) in [5.74, 6) is -0.212. The molecule has 0 spiro atoms. The van der Waals surface area contributed by atoms with E-state index >= 15 is 0 Å². The van der Waals surface area contributed by atoms with Crippen molar-refractivity contribution in [3.05, 3.63) is 34.3 Å². The van der Waals surface area contributed by atoms with Crippen LogP contribution >= 0.6 is 15.9 Å². The van der Waals surface area contributed by atoms with Crippen molar-refractivity contribution < 1.29 is 19.1 Å². The van der Waals surface area contributed by atoms with Crippen molar-refractivity contribution in [1.29, 1.82) is 0 Å². The van der Waals surface area contributed by atoms with Crippen LogP contribution in [0.25, 0.3) is 0 Å². The molecule has 6 nitrogen and oxygen atoms in total. The summed E-state index contributed by atoms with van der Waals surface area (Å²) in [5, 5.41) is 0. The van der Waals surface area contributed by atoms with E-state index in [0.717, 1.165) is 10.0 Å². The molecule has 1 aromatic carbocycles. The van der Waals surface area contributed by atoms with Gasteiger partial charge in [0.25, 0.3) is 5.91 Å². The van der Waals surface area contributed by atoms with E-state index in [1.165, 1.54) is 4.90 Å². The van der Waals surface area contributed by atoms with Crippen molar-refractivity contribution in [3.63, 3.8) is 0 Å². The lowest BCUT2D eigenvalue weighted by Crippen LogP contribution is -2.48. The molecule has 0 unspecified atom stereocenters. The molecule has 3 amide bonds. The Balaban J connectivity index is 1.54. The van der Waals surface area contributed by atoms with Gasteiger partial charge < -0.3 is 9.64 Å². The maximum atomic E-state index is 12.4. The number of nitrogens with zero attached hydrogens (tertiary/aromatic N) is 2. The van der Waals surface area contributed by atoms with Crippen molar-refractivity contribution in [2.45, 2.75) is 25.3 Å². The lowest BCUT2D eigenvalue weighted by molar-refractivity contribution is -0.132. The number of hydrogen-bond acceptors (Lipinski definition) is 4. The number of carbonyl (C=O) groups excluding carboxylic acids is 3. The Morgan fingerprint density at radius 1 is 1.17 bits per heavy atom. The van der Waals surface area contributed by atoms with Gasteiger partial charge in [-0.3, -0.25) is 9.59 Å². The molecule has 0 aromatic heterocycles. The van der Waals surface area contributed by atoms with Crippen LogP contribution in [-0.2, 0) is 20.7 Å². The van der Waals surface area contributed by atoms with E-state index in [2.05, 4.69) is 15.9 Å². The van der Waals surface area contributed by atoms with Gasteiger partial charge in [0.1, 0.15) is 0 Å². The minimum absolute atomic E-state index is 0.0705. The summed E-state index contributed by atoms with van der Waals surface area (Å²) in [7, 11) is 0. The average molecular weight is 381 g/mol. The maximum Gasteiger partial charge on any atom is 0.417 e. The number of carbonyl (C=O) groups is 3. The molecule has 2 saturated heterocycles. The van der Waals surface area contributed by atoms with E-state index in [-0.39, 0.29) is 24.5 Å². The molecular formula is C16H17BrN2O4. The van der Waals surface area contributed by atoms with Crippen molar-refractivity contribution in [2.24, 2.45) is 0 Å². The molecule has 0 atom stereocenters. The SMILES string of the molecule is O=C(Cc1ccc(Br)cc1)N1CCC(N2C(=O)COC2=O)CC1. The zero-order valence-corrected chi connectivity index (χ0v) is 14.1. The van der Waals surface area contributed by atoms with Gasteiger partial charge in [0.2, 0.25) is 5.91 Å². The van der Waals surface area contributed by atoms with Gasteiger partial charge in [0.15, 0.2) is 6.61 Å². The highest BCUT2D eigenvalue weighted by molar-refractivity contribution is 9.10. The number of rotatable bonds is 3. The predicted molar refractivity (Wildman–Crippen MR) is 85.6 cm³/mol. The number of likely N-dealkylation sites (tertiary alicyclic amines) is 1. The molecule has 2 aliphatic rings. The number of benzene rings is 1. The Morgan fingerprint density at radius 2 is 1.83 bits per heavy atom. The van der Waals surface area contributed by atoms with E-state index in [1.54, 1.807) is 4.90 Å². The van der Waals surface area contributed by atoms with Gasteiger partial charge in [0, 0.05) is 23.6 Å². The van der Waals surface area contributed by atoms with E-state index in [0.29, 0.717) is 32.4 Å². The summed E-state index contributed by atoms with van der Waals surface area (Å²) in [6, 6.07) is 7.52. The van der Waals surface area contributed by atoms with Gasteiger partial charge in [-0.1, -0.05) is 28.1 Å². The molecule has 1 aromatic rings. The molecule has 0 N–H and O–H groups in total. The fraction of sp³-hybridized carbons (Fsp3) is 0.438. The summed E-state index contributed by atoms with van der Waals surface area (Å²) < 4.78 is 5.73. The summed E-state index contributed by atoms with van der Waals surface area (Å²) in [6.45, 7) is 0.940. The lowest BCUT2D eigenvalue weighted by atomic mass is 10.0. The van der Waals surface area contributed by atoms with Crippen LogP contribution in [0.3, 0.4) is 0 Å². The van der Waals surface area contributed by atoms with Gasteiger partial charge in [-0.05, 0) is 30.5 Å². The Hall–Kier alpha value is -1.89. The third-order valence-electron chi connectivity index (χ3n) is 4.24. The summed E-state index contributed by atoms with van der Waals surface area (Å²) in [4.78, 5) is 38.6. The number of imide groups is 1. The first-order valence-corrected chi connectivity index (χ1v) is 8.35. The Kier molecular flexibility index (Phi) is 4.66. The molecular weight excluding hydrogens is 364 g/mol. The van der Waals surface area contributed by atoms with Crippen LogP contribution in [0.1, 0.15) is 18.4 Å². The second kappa shape index (κ2) is 6.70. The Morgan fingerprint density at radius 3 is 2.39 bits per heavy atom. The first kappa shape index (κ1) is 16.0. The largest absolute Gasteiger partial charge is 0.439 e. The first-order valence-electron chi connectivity index (χ1n) is 7.55. The zero-order valence-electron chi connectivity index (χ0n) is 12.5. The molecule has 2 heterocycles. The number of cyclic esters (lactones) is 1. The molecule has 2 fully saturated rings. The molecule has 3 rings (SSSR count). The van der Waals surface area contributed by atoms with Gasteiger partial charge >= 0.3 is 6.09 Å². The van der Waals surface area contributed by atoms with Gasteiger partial charge in [-0.2, -0.15) is 0 Å². The van der Waals surface area contributed by atoms with Crippen molar-refractivity contribution in [2.75, 3.05) is 19.7 Å². The highest BCUT2D eigenvalue weighted by Gasteiger charge is 2.38. The monoisotopic (exact) mass is 380 g/mol. The number of piperidine rings is 1. The van der Waals surface area contributed by atoms with E-state index < -0.39 is 6.09 Å². The fourth-order valence-electron chi connectivity index (χ4n) is 2.98. The smallest absolute Gasteiger partial charge is 0.417 e. The van der Waals surface area contributed by atoms with Crippen molar-refractivity contribution >= 4 is 33.8 Å². The molecule has 23 heavy (non-hydrogen) atoms. The third kappa shape index (κ3) is 3.55. The normalized spacial score (nSPS) is 19.2. The summed E-state index contributed by atoms with van der Waals surface area (Å²) in [5.41, 5.74) is 0.971. The van der Waals surface area contributed by atoms with Crippen LogP contribution < -0.4 is 0 Å². The van der Waals surface area contributed by atoms with E-state index in [9.17, 15) is 14.4 Å². The van der Waals surface area contributed by atoms with Crippen LogP contribution in [0.4, 0.5) is 4.79 Å². The minimum Gasteiger partial charge on any atom is -0.439 e. The number of halogens is 1. The third-order valence-corrected chi connectivity index (χ3v) is 4.76. The molecule has 0 aliphatic carbocycles. The molecule has 0 radical (unpaired) electrons. The molecule has 122 valence electrons. The zero-order chi connectivity index (χ0) is 16.4. The highest BCUT2D eigenvalue weighted by atomic mass is 79.9. The second-order valence-corrected chi connectivity index (χ2v) is 6.65. The molecule has 0 bridgehead atoms. The van der Waals surface area contributed by atoms with Gasteiger partial charge in [-0.15, -0.1) is 0 Å². The second-order valence-electron chi connectivity index (χ2n) is 5.73. The highest BCUT2D eigenvalue weighted by Crippen LogP contribution is 2.21.